The van der Waals surface area contributed by atoms with E-state index in [1.54, 1.807) is 30.4 Å². The molecule has 1 unspecified atom stereocenters. The molecule has 0 spiro atoms. The molecule has 2 N–H and O–H groups in total. The Morgan fingerprint density at radius 1 is 1.40 bits per heavy atom. The molecule has 8 heteroatoms. The highest BCUT2D eigenvalue weighted by Gasteiger charge is 2.17. The van der Waals surface area contributed by atoms with Crippen molar-refractivity contribution in [3.05, 3.63) is 18.7 Å². The van der Waals surface area contributed by atoms with E-state index in [-0.39, 0.29) is 12.0 Å². The van der Waals surface area contributed by atoms with Gasteiger partial charge in [0, 0.05) is 26.0 Å². The number of aromatic nitrogens is 5. The van der Waals surface area contributed by atoms with Gasteiger partial charge >= 0.3 is 0 Å². The zero-order chi connectivity index (χ0) is 14.5. The summed E-state index contributed by atoms with van der Waals surface area (Å²) < 4.78 is 6.87. The zero-order valence-electron chi connectivity index (χ0n) is 11.9. The molecule has 2 aromatic heterocycles. The molecule has 20 heavy (non-hydrogen) atoms. The molecule has 2 aromatic rings. The monoisotopic (exact) mass is 277 g/mol. The minimum absolute atomic E-state index is 0.141. The second kappa shape index (κ2) is 6.29. The molecule has 0 radical (unpaired) electrons. The van der Waals surface area contributed by atoms with Crippen LogP contribution in [0, 0.1) is 0 Å². The van der Waals surface area contributed by atoms with E-state index in [0.717, 1.165) is 6.54 Å². The van der Waals surface area contributed by atoms with Crippen molar-refractivity contribution in [1.29, 1.82) is 0 Å². The quantitative estimate of drug-likeness (QED) is 0.821. The predicted octanol–water partition coefficient (Wildman–Crippen LogP) is 0.501. The standard InChI is InChI=1S/C12H19N7O/c1-4-19(9(2)7-20-3)12-16-10(13)15-11(17-12)18-6-5-14-8-18/h5-6,8-9H,4,7H2,1-3H3,(H2,13,15,16,17). The summed E-state index contributed by atoms with van der Waals surface area (Å²) >= 11 is 0. The SMILES string of the molecule is CCN(c1nc(N)nc(-n2ccnc2)n1)C(C)COC. The fourth-order valence-corrected chi connectivity index (χ4v) is 1.97. The van der Waals surface area contributed by atoms with Crippen molar-refractivity contribution >= 4 is 11.9 Å². The average Bonchev–Trinajstić information content (AvgIpc) is 2.93. The van der Waals surface area contributed by atoms with Crippen molar-refractivity contribution in [1.82, 2.24) is 24.5 Å². The number of nitrogen functional groups attached to an aromatic ring is 1. The van der Waals surface area contributed by atoms with Crippen LogP contribution in [-0.4, -0.2) is 50.8 Å². The molecular formula is C12H19N7O. The van der Waals surface area contributed by atoms with E-state index in [1.807, 2.05) is 18.7 Å². The van der Waals surface area contributed by atoms with Crippen molar-refractivity contribution in [3.63, 3.8) is 0 Å². The van der Waals surface area contributed by atoms with Crippen LogP contribution >= 0.6 is 0 Å². The van der Waals surface area contributed by atoms with Gasteiger partial charge in [-0.05, 0) is 13.8 Å². The molecule has 8 nitrogen and oxygen atoms in total. The van der Waals surface area contributed by atoms with E-state index in [0.29, 0.717) is 18.5 Å². The molecule has 0 aliphatic carbocycles. The Bertz CT molecular complexity index is 543. The van der Waals surface area contributed by atoms with Crippen molar-refractivity contribution in [2.75, 3.05) is 30.9 Å². The summed E-state index contributed by atoms with van der Waals surface area (Å²) in [5.74, 6) is 1.17. The van der Waals surface area contributed by atoms with E-state index in [4.69, 9.17) is 10.5 Å². The molecule has 0 aliphatic heterocycles. The topological polar surface area (TPSA) is 95.0 Å². The summed E-state index contributed by atoms with van der Waals surface area (Å²) in [7, 11) is 1.67. The van der Waals surface area contributed by atoms with Gasteiger partial charge in [-0.2, -0.15) is 15.0 Å². The Labute approximate surface area is 117 Å². The minimum Gasteiger partial charge on any atom is -0.383 e. The predicted molar refractivity (Wildman–Crippen MR) is 75.7 cm³/mol. The number of imidazole rings is 1. The molecule has 0 aliphatic rings. The first-order valence-electron chi connectivity index (χ1n) is 6.41. The van der Waals surface area contributed by atoms with E-state index in [9.17, 15) is 0 Å². The lowest BCUT2D eigenvalue weighted by Crippen LogP contribution is -2.37. The van der Waals surface area contributed by atoms with Crippen molar-refractivity contribution in [2.24, 2.45) is 0 Å². The van der Waals surface area contributed by atoms with Crippen molar-refractivity contribution in [2.45, 2.75) is 19.9 Å². The number of methoxy groups -OCH3 is 1. The maximum Gasteiger partial charge on any atom is 0.241 e. The van der Waals surface area contributed by atoms with Crippen LogP contribution in [0.15, 0.2) is 18.7 Å². The summed E-state index contributed by atoms with van der Waals surface area (Å²) in [5, 5.41) is 0. The normalized spacial score (nSPS) is 12.3. The first-order valence-corrected chi connectivity index (χ1v) is 6.41. The maximum atomic E-state index is 5.78. The molecule has 0 fully saturated rings. The van der Waals surface area contributed by atoms with Crippen LogP contribution in [0.4, 0.5) is 11.9 Å². The molecule has 2 heterocycles. The number of nitrogens with two attached hydrogens (primary N) is 1. The van der Waals surface area contributed by atoms with Gasteiger partial charge in [0.15, 0.2) is 0 Å². The van der Waals surface area contributed by atoms with Crippen LogP contribution in [0.2, 0.25) is 0 Å². The van der Waals surface area contributed by atoms with Gasteiger partial charge in [-0.1, -0.05) is 0 Å². The third-order valence-corrected chi connectivity index (χ3v) is 2.90. The lowest BCUT2D eigenvalue weighted by molar-refractivity contribution is 0.181. The number of nitrogens with zero attached hydrogens (tertiary/aromatic N) is 6. The van der Waals surface area contributed by atoms with Crippen LogP contribution in [-0.2, 0) is 4.74 Å². The molecule has 1 atom stereocenters. The summed E-state index contributed by atoms with van der Waals surface area (Å²) in [6.07, 6.45) is 5.03. The van der Waals surface area contributed by atoms with Crippen LogP contribution in [0.3, 0.4) is 0 Å². The fourth-order valence-electron chi connectivity index (χ4n) is 1.97. The van der Waals surface area contributed by atoms with Crippen LogP contribution in [0.25, 0.3) is 5.95 Å². The maximum absolute atomic E-state index is 5.78. The first kappa shape index (κ1) is 14.2. The van der Waals surface area contributed by atoms with E-state index >= 15 is 0 Å². The Morgan fingerprint density at radius 3 is 2.80 bits per heavy atom. The number of ether oxygens (including phenoxy) is 1. The van der Waals surface area contributed by atoms with Gasteiger partial charge in [-0.25, -0.2) is 4.98 Å². The van der Waals surface area contributed by atoms with Gasteiger partial charge in [0.05, 0.1) is 12.6 Å². The van der Waals surface area contributed by atoms with Gasteiger partial charge in [0.1, 0.15) is 6.33 Å². The third kappa shape index (κ3) is 3.02. The molecule has 2 rings (SSSR count). The zero-order valence-corrected chi connectivity index (χ0v) is 11.9. The highest BCUT2D eigenvalue weighted by molar-refractivity contribution is 5.38. The number of hydrogen-bond donors (Lipinski definition) is 1. The summed E-state index contributed by atoms with van der Waals surface area (Å²) in [6.45, 7) is 5.41. The number of likely N-dealkylation sites (N-methyl/N-ethyl adjacent to an activating group) is 1. The van der Waals surface area contributed by atoms with E-state index < -0.39 is 0 Å². The lowest BCUT2D eigenvalue weighted by atomic mass is 10.3. The highest BCUT2D eigenvalue weighted by Crippen LogP contribution is 2.14. The first-order chi connectivity index (χ1) is 9.65. The molecular weight excluding hydrogens is 258 g/mol. The van der Waals surface area contributed by atoms with Gasteiger partial charge < -0.3 is 15.4 Å². The van der Waals surface area contributed by atoms with Gasteiger partial charge in [-0.3, -0.25) is 4.57 Å². The molecule has 0 amide bonds. The Morgan fingerprint density at radius 2 is 2.20 bits per heavy atom. The average molecular weight is 277 g/mol. The van der Waals surface area contributed by atoms with Crippen molar-refractivity contribution in [3.8, 4) is 5.95 Å². The van der Waals surface area contributed by atoms with Crippen LogP contribution in [0.1, 0.15) is 13.8 Å². The smallest absolute Gasteiger partial charge is 0.241 e. The Kier molecular flexibility index (Phi) is 4.46. The van der Waals surface area contributed by atoms with E-state index in [2.05, 4.69) is 19.9 Å². The highest BCUT2D eigenvalue weighted by atomic mass is 16.5. The molecule has 0 aromatic carbocycles. The molecule has 108 valence electrons. The third-order valence-electron chi connectivity index (χ3n) is 2.90. The largest absolute Gasteiger partial charge is 0.383 e. The summed E-state index contributed by atoms with van der Waals surface area (Å²) in [4.78, 5) is 18.8. The minimum atomic E-state index is 0.141. The van der Waals surface area contributed by atoms with Crippen molar-refractivity contribution < 1.29 is 4.74 Å². The van der Waals surface area contributed by atoms with Crippen LogP contribution < -0.4 is 10.6 Å². The van der Waals surface area contributed by atoms with Gasteiger partial charge in [0.25, 0.3) is 0 Å². The molecule has 0 saturated carbocycles. The number of rotatable bonds is 6. The van der Waals surface area contributed by atoms with Gasteiger partial charge in [0.2, 0.25) is 17.8 Å². The summed E-state index contributed by atoms with van der Waals surface area (Å²) in [5.41, 5.74) is 5.78. The number of hydrogen-bond acceptors (Lipinski definition) is 7. The van der Waals surface area contributed by atoms with Crippen LogP contribution in [0.5, 0.6) is 0 Å². The summed E-state index contributed by atoms with van der Waals surface area (Å²) in [6, 6.07) is 0.141. The Balaban J connectivity index is 2.35. The second-order valence-electron chi connectivity index (χ2n) is 4.35. The second-order valence-corrected chi connectivity index (χ2v) is 4.35. The molecule has 0 bridgehead atoms. The van der Waals surface area contributed by atoms with E-state index in [1.165, 1.54) is 0 Å². The number of anilines is 2. The van der Waals surface area contributed by atoms with Gasteiger partial charge in [-0.15, -0.1) is 0 Å². The molecule has 0 saturated heterocycles. The lowest BCUT2D eigenvalue weighted by Gasteiger charge is -2.27. The Hall–Kier alpha value is -2.22. The fraction of sp³-hybridized carbons (Fsp3) is 0.500.